The van der Waals surface area contributed by atoms with Crippen LogP contribution in [0.2, 0.25) is 0 Å². The number of amides is 2. The Hall–Kier alpha value is -2.91. The quantitative estimate of drug-likeness (QED) is 0.470. The number of pyridine rings is 1. The molecule has 0 bridgehead atoms. The number of anilines is 2. The molecule has 1 fully saturated rings. The number of aromatic nitrogens is 1. The number of nitrogens with one attached hydrogen (secondary N) is 1. The van der Waals surface area contributed by atoms with Gasteiger partial charge in [0.1, 0.15) is 10.8 Å². The highest BCUT2D eigenvalue weighted by atomic mass is 79.9. The lowest BCUT2D eigenvalue weighted by Crippen LogP contribution is -2.48. The van der Waals surface area contributed by atoms with Crippen molar-refractivity contribution in [2.24, 2.45) is 0 Å². The third-order valence-corrected chi connectivity index (χ3v) is 6.73. The zero-order chi connectivity index (χ0) is 23.2. The molecule has 33 heavy (non-hydrogen) atoms. The van der Waals surface area contributed by atoms with Gasteiger partial charge in [-0.25, -0.2) is 9.37 Å². The van der Waals surface area contributed by atoms with Crippen molar-refractivity contribution in [3.63, 3.8) is 0 Å². The van der Waals surface area contributed by atoms with Gasteiger partial charge in [-0.2, -0.15) is 0 Å². The third kappa shape index (κ3) is 5.91. The highest BCUT2D eigenvalue weighted by Crippen LogP contribution is 2.24. The Balaban J connectivity index is 1.36. The molecule has 1 saturated heterocycles. The van der Waals surface area contributed by atoms with E-state index in [2.05, 4.69) is 43.3 Å². The van der Waals surface area contributed by atoms with Crippen LogP contribution >= 0.6 is 27.7 Å². The maximum Gasteiger partial charge on any atom is 0.256 e. The average molecular weight is 529 g/mol. The first-order valence-corrected chi connectivity index (χ1v) is 12.2. The van der Waals surface area contributed by atoms with Crippen molar-refractivity contribution in [1.29, 1.82) is 0 Å². The minimum absolute atomic E-state index is 0.00851. The van der Waals surface area contributed by atoms with Crippen LogP contribution in [0.1, 0.15) is 10.4 Å². The molecule has 2 amide bonds. The first kappa shape index (κ1) is 23.3. The summed E-state index contributed by atoms with van der Waals surface area (Å²) < 4.78 is 14.6. The van der Waals surface area contributed by atoms with E-state index < -0.39 is 5.82 Å². The number of thioether (sulfide) groups is 1. The molecule has 0 aliphatic carbocycles. The van der Waals surface area contributed by atoms with Gasteiger partial charge in [-0.3, -0.25) is 9.59 Å². The lowest BCUT2D eigenvalue weighted by Gasteiger charge is -2.36. The van der Waals surface area contributed by atoms with Crippen molar-refractivity contribution in [2.45, 2.75) is 5.03 Å². The number of carbonyl (C=O) groups is 2. The van der Waals surface area contributed by atoms with Gasteiger partial charge in [0.2, 0.25) is 5.91 Å². The summed E-state index contributed by atoms with van der Waals surface area (Å²) in [5.74, 6) is -0.986. The molecule has 1 N–H and O–H groups in total. The van der Waals surface area contributed by atoms with Crippen molar-refractivity contribution in [3.05, 3.63) is 82.7 Å². The van der Waals surface area contributed by atoms with E-state index in [0.29, 0.717) is 28.2 Å². The van der Waals surface area contributed by atoms with Crippen LogP contribution in [0.3, 0.4) is 0 Å². The normalized spacial score (nSPS) is 13.6. The van der Waals surface area contributed by atoms with E-state index >= 15 is 0 Å². The molecule has 1 aliphatic heterocycles. The smallest absolute Gasteiger partial charge is 0.256 e. The van der Waals surface area contributed by atoms with E-state index in [1.807, 2.05) is 23.1 Å². The molecule has 170 valence electrons. The molecule has 0 radical (unpaired) electrons. The monoisotopic (exact) mass is 528 g/mol. The van der Waals surface area contributed by atoms with Crippen LogP contribution in [0.15, 0.2) is 76.4 Å². The van der Waals surface area contributed by atoms with Gasteiger partial charge < -0.3 is 15.1 Å². The topological polar surface area (TPSA) is 65.5 Å². The van der Waals surface area contributed by atoms with Crippen molar-refractivity contribution < 1.29 is 14.0 Å². The fourth-order valence-corrected chi connectivity index (χ4v) is 4.68. The van der Waals surface area contributed by atoms with Crippen molar-refractivity contribution >= 4 is 50.9 Å². The molecule has 0 unspecified atom stereocenters. The summed E-state index contributed by atoms with van der Waals surface area (Å²) in [7, 11) is 0. The Kier molecular flexibility index (Phi) is 7.61. The van der Waals surface area contributed by atoms with E-state index in [9.17, 15) is 14.0 Å². The minimum atomic E-state index is -0.522. The molecule has 6 nitrogen and oxygen atoms in total. The number of carbonyl (C=O) groups excluding carboxylic acids is 2. The van der Waals surface area contributed by atoms with Gasteiger partial charge in [0.25, 0.3) is 5.91 Å². The van der Waals surface area contributed by atoms with Crippen LogP contribution < -0.4 is 10.2 Å². The summed E-state index contributed by atoms with van der Waals surface area (Å²) >= 11 is 4.35. The fraction of sp³-hybridized carbons (Fsp3) is 0.208. The van der Waals surface area contributed by atoms with E-state index in [-0.39, 0.29) is 23.3 Å². The molecule has 1 aliphatic rings. The summed E-state index contributed by atoms with van der Waals surface area (Å²) in [6.07, 6.45) is 1.60. The van der Waals surface area contributed by atoms with Crippen molar-refractivity contribution in [3.8, 4) is 0 Å². The number of benzene rings is 2. The molecule has 1 aromatic heterocycles. The number of halogens is 2. The number of piperazine rings is 1. The fourth-order valence-electron chi connectivity index (χ4n) is 3.56. The predicted octanol–water partition coefficient (Wildman–Crippen LogP) is 4.68. The first-order valence-electron chi connectivity index (χ1n) is 10.4. The molecular formula is C24H22BrFN4O2S. The second-order valence-electron chi connectivity index (χ2n) is 7.43. The number of para-hydroxylation sites is 1. The van der Waals surface area contributed by atoms with Gasteiger partial charge in [-0.05, 0) is 42.5 Å². The van der Waals surface area contributed by atoms with Crippen LogP contribution in [0.4, 0.5) is 15.8 Å². The molecule has 4 rings (SSSR count). The van der Waals surface area contributed by atoms with Gasteiger partial charge in [0.15, 0.2) is 0 Å². The van der Waals surface area contributed by atoms with E-state index in [1.54, 1.807) is 24.4 Å². The van der Waals surface area contributed by atoms with E-state index in [1.165, 1.54) is 12.1 Å². The SMILES string of the molecule is O=C(CSc1ncccc1C(=O)N1CCN(c2ccccc2)CC1)Nc1ccc(Br)cc1F. The molecule has 9 heteroatoms. The summed E-state index contributed by atoms with van der Waals surface area (Å²) in [5, 5.41) is 3.04. The van der Waals surface area contributed by atoms with Crippen molar-refractivity contribution in [2.75, 3.05) is 42.1 Å². The second kappa shape index (κ2) is 10.8. The standard InChI is InChI=1S/C24H22BrFN4O2S/c25-17-8-9-21(20(26)15-17)28-22(31)16-33-23-19(7-4-10-27-23)24(32)30-13-11-29(12-14-30)18-5-2-1-3-6-18/h1-10,15H,11-14,16H2,(H,28,31). The minimum Gasteiger partial charge on any atom is -0.368 e. The first-order chi connectivity index (χ1) is 16.0. The highest BCUT2D eigenvalue weighted by Gasteiger charge is 2.24. The van der Waals surface area contributed by atoms with Crippen LogP contribution in [-0.4, -0.2) is 53.6 Å². The summed E-state index contributed by atoms with van der Waals surface area (Å²) in [4.78, 5) is 33.9. The van der Waals surface area contributed by atoms with Gasteiger partial charge in [-0.15, -0.1) is 0 Å². The zero-order valence-electron chi connectivity index (χ0n) is 17.7. The highest BCUT2D eigenvalue weighted by molar-refractivity contribution is 9.10. The molecule has 2 heterocycles. The number of hydrogen-bond acceptors (Lipinski definition) is 5. The summed E-state index contributed by atoms with van der Waals surface area (Å²) in [6, 6.07) is 18.0. The van der Waals surface area contributed by atoms with Crippen LogP contribution in [0.25, 0.3) is 0 Å². The molecular weight excluding hydrogens is 507 g/mol. The Morgan fingerprint density at radius 1 is 1.03 bits per heavy atom. The van der Waals surface area contributed by atoms with Gasteiger partial charge in [0.05, 0.1) is 17.0 Å². The summed E-state index contributed by atoms with van der Waals surface area (Å²) in [5.41, 5.74) is 1.73. The largest absolute Gasteiger partial charge is 0.368 e. The van der Waals surface area contributed by atoms with E-state index in [0.717, 1.165) is 30.5 Å². The number of rotatable bonds is 6. The predicted molar refractivity (Wildman–Crippen MR) is 132 cm³/mol. The molecule has 3 aromatic rings. The molecule has 2 aromatic carbocycles. The molecule has 0 spiro atoms. The zero-order valence-corrected chi connectivity index (χ0v) is 20.1. The maximum absolute atomic E-state index is 14.0. The number of nitrogens with zero attached hydrogens (tertiary/aromatic N) is 3. The van der Waals surface area contributed by atoms with Crippen LogP contribution in [0.5, 0.6) is 0 Å². The number of hydrogen-bond donors (Lipinski definition) is 1. The lowest BCUT2D eigenvalue weighted by molar-refractivity contribution is -0.113. The molecule has 0 saturated carbocycles. The Morgan fingerprint density at radius 2 is 1.79 bits per heavy atom. The van der Waals surface area contributed by atoms with Crippen LogP contribution in [-0.2, 0) is 4.79 Å². The Bertz CT molecular complexity index is 1140. The third-order valence-electron chi connectivity index (χ3n) is 5.23. The van der Waals surface area contributed by atoms with Gasteiger partial charge in [-0.1, -0.05) is 45.9 Å². The van der Waals surface area contributed by atoms with Crippen LogP contribution in [0, 0.1) is 5.82 Å². The second-order valence-corrected chi connectivity index (χ2v) is 9.31. The molecule has 0 atom stereocenters. The summed E-state index contributed by atoms with van der Waals surface area (Å²) in [6.45, 7) is 2.71. The van der Waals surface area contributed by atoms with E-state index in [4.69, 9.17) is 0 Å². The Labute approximate surface area is 204 Å². The maximum atomic E-state index is 14.0. The lowest BCUT2D eigenvalue weighted by atomic mass is 10.2. The van der Waals surface area contributed by atoms with Gasteiger partial charge in [0, 0.05) is 42.5 Å². The average Bonchev–Trinajstić information content (AvgIpc) is 2.85. The van der Waals surface area contributed by atoms with Gasteiger partial charge >= 0.3 is 0 Å². The van der Waals surface area contributed by atoms with Crippen molar-refractivity contribution in [1.82, 2.24) is 9.88 Å². The Morgan fingerprint density at radius 3 is 2.52 bits per heavy atom.